The van der Waals surface area contributed by atoms with Crippen LogP contribution in [0.25, 0.3) is 0 Å². The molecule has 0 aromatic heterocycles. The standard InChI is InChI=1S/C22H26Cl2N2O2/c1-4-15(2)25-22(28)16(3)26(14-18-7-11-20(24)12-8-18)21(27)13-17-5-9-19(23)10-6-17/h5-12,15-16H,4,13-14H2,1-3H3,(H,25,28). The highest BCUT2D eigenvalue weighted by Crippen LogP contribution is 2.16. The minimum Gasteiger partial charge on any atom is -0.352 e. The molecule has 0 aliphatic rings. The molecular formula is C22H26Cl2N2O2. The first-order chi connectivity index (χ1) is 13.3. The zero-order chi connectivity index (χ0) is 20.7. The minimum absolute atomic E-state index is 0.0544. The van der Waals surface area contributed by atoms with Gasteiger partial charge in [0.25, 0.3) is 0 Å². The third-order valence-corrected chi connectivity index (χ3v) is 5.21. The van der Waals surface area contributed by atoms with Crippen molar-refractivity contribution in [3.8, 4) is 0 Å². The summed E-state index contributed by atoms with van der Waals surface area (Å²) in [5.41, 5.74) is 1.77. The van der Waals surface area contributed by atoms with E-state index in [4.69, 9.17) is 23.2 Å². The van der Waals surface area contributed by atoms with E-state index in [1.165, 1.54) is 0 Å². The molecule has 2 rings (SSSR count). The molecule has 150 valence electrons. The Bertz CT molecular complexity index is 791. The normalized spacial score (nSPS) is 12.9. The van der Waals surface area contributed by atoms with Crippen LogP contribution in [0.3, 0.4) is 0 Å². The number of benzene rings is 2. The molecule has 28 heavy (non-hydrogen) atoms. The van der Waals surface area contributed by atoms with Gasteiger partial charge in [-0.15, -0.1) is 0 Å². The molecule has 0 aliphatic carbocycles. The zero-order valence-corrected chi connectivity index (χ0v) is 17.9. The second kappa shape index (κ2) is 10.5. The first-order valence-corrected chi connectivity index (χ1v) is 10.1. The molecule has 0 spiro atoms. The largest absolute Gasteiger partial charge is 0.352 e. The van der Waals surface area contributed by atoms with Crippen LogP contribution in [0.4, 0.5) is 0 Å². The summed E-state index contributed by atoms with van der Waals surface area (Å²) in [5, 5.41) is 4.21. The Morgan fingerprint density at radius 1 is 0.929 bits per heavy atom. The van der Waals surface area contributed by atoms with E-state index in [1.807, 2.05) is 38.1 Å². The van der Waals surface area contributed by atoms with Gasteiger partial charge in [0.2, 0.25) is 11.8 Å². The lowest BCUT2D eigenvalue weighted by molar-refractivity contribution is -0.140. The molecule has 2 unspecified atom stereocenters. The van der Waals surface area contributed by atoms with Crippen LogP contribution in [-0.2, 0) is 22.6 Å². The second-order valence-corrected chi connectivity index (χ2v) is 7.82. The van der Waals surface area contributed by atoms with Gasteiger partial charge in [-0.3, -0.25) is 9.59 Å². The highest BCUT2D eigenvalue weighted by Gasteiger charge is 2.26. The average Bonchev–Trinajstić information content (AvgIpc) is 2.68. The fourth-order valence-electron chi connectivity index (χ4n) is 2.71. The summed E-state index contributed by atoms with van der Waals surface area (Å²) in [7, 11) is 0. The van der Waals surface area contributed by atoms with Crippen molar-refractivity contribution in [1.82, 2.24) is 10.2 Å². The molecular weight excluding hydrogens is 395 g/mol. The third-order valence-electron chi connectivity index (χ3n) is 4.70. The van der Waals surface area contributed by atoms with Gasteiger partial charge in [0.05, 0.1) is 6.42 Å². The number of carbonyl (C=O) groups is 2. The average molecular weight is 421 g/mol. The summed E-state index contributed by atoms with van der Waals surface area (Å²) in [6.07, 6.45) is 1.03. The Balaban J connectivity index is 2.20. The Morgan fingerprint density at radius 3 is 1.93 bits per heavy atom. The van der Waals surface area contributed by atoms with Crippen LogP contribution in [0.15, 0.2) is 48.5 Å². The van der Waals surface area contributed by atoms with Crippen molar-refractivity contribution in [2.75, 3.05) is 0 Å². The molecule has 2 aromatic carbocycles. The van der Waals surface area contributed by atoms with E-state index in [-0.39, 0.29) is 24.3 Å². The fraction of sp³-hybridized carbons (Fsp3) is 0.364. The van der Waals surface area contributed by atoms with Gasteiger partial charge in [-0.1, -0.05) is 54.4 Å². The summed E-state index contributed by atoms with van der Waals surface area (Å²) in [6, 6.07) is 13.9. The van der Waals surface area contributed by atoms with Gasteiger partial charge in [0.15, 0.2) is 0 Å². The van der Waals surface area contributed by atoms with E-state index in [0.29, 0.717) is 16.6 Å². The molecule has 2 amide bonds. The molecule has 2 aromatic rings. The van der Waals surface area contributed by atoms with Crippen LogP contribution in [-0.4, -0.2) is 28.8 Å². The van der Waals surface area contributed by atoms with Crippen molar-refractivity contribution in [2.24, 2.45) is 0 Å². The summed E-state index contributed by atoms with van der Waals surface area (Å²) in [4.78, 5) is 27.3. The summed E-state index contributed by atoms with van der Waals surface area (Å²) in [5.74, 6) is -0.281. The third kappa shape index (κ3) is 6.54. The van der Waals surface area contributed by atoms with Crippen LogP contribution in [0.5, 0.6) is 0 Å². The molecule has 6 heteroatoms. The second-order valence-electron chi connectivity index (χ2n) is 6.95. The summed E-state index contributed by atoms with van der Waals surface area (Å²) in [6.45, 7) is 6.04. The lowest BCUT2D eigenvalue weighted by Gasteiger charge is -2.30. The number of carbonyl (C=O) groups excluding carboxylic acids is 2. The Kier molecular flexibility index (Phi) is 8.34. The maximum Gasteiger partial charge on any atom is 0.242 e. The van der Waals surface area contributed by atoms with E-state index in [2.05, 4.69) is 5.32 Å². The lowest BCUT2D eigenvalue weighted by Crippen LogP contribution is -2.49. The Morgan fingerprint density at radius 2 is 1.43 bits per heavy atom. The van der Waals surface area contributed by atoms with Gasteiger partial charge in [-0.2, -0.15) is 0 Å². The maximum absolute atomic E-state index is 13.1. The van der Waals surface area contributed by atoms with Crippen LogP contribution in [0.2, 0.25) is 10.0 Å². The summed E-state index contributed by atoms with van der Waals surface area (Å²) >= 11 is 11.9. The first-order valence-electron chi connectivity index (χ1n) is 9.39. The predicted octanol–water partition coefficient (Wildman–Crippen LogP) is 4.87. The van der Waals surface area contributed by atoms with Gasteiger partial charge in [-0.25, -0.2) is 0 Å². The van der Waals surface area contributed by atoms with Crippen molar-refractivity contribution < 1.29 is 9.59 Å². The molecule has 1 N–H and O–H groups in total. The predicted molar refractivity (Wildman–Crippen MR) is 115 cm³/mol. The van der Waals surface area contributed by atoms with Crippen molar-refractivity contribution in [2.45, 2.75) is 52.2 Å². The Labute approximate surface area is 176 Å². The highest BCUT2D eigenvalue weighted by atomic mass is 35.5. The van der Waals surface area contributed by atoms with Crippen LogP contribution >= 0.6 is 23.2 Å². The number of nitrogens with zero attached hydrogens (tertiary/aromatic N) is 1. The maximum atomic E-state index is 13.1. The number of nitrogens with one attached hydrogen (secondary N) is 1. The number of halogens is 2. The quantitative estimate of drug-likeness (QED) is 0.661. The van der Waals surface area contributed by atoms with Crippen LogP contribution in [0.1, 0.15) is 38.3 Å². The molecule has 0 fully saturated rings. The van der Waals surface area contributed by atoms with E-state index in [1.54, 1.807) is 36.1 Å². The highest BCUT2D eigenvalue weighted by molar-refractivity contribution is 6.30. The fourth-order valence-corrected chi connectivity index (χ4v) is 2.97. The van der Waals surface area contributed by atoms with Gasteiger partial charge in [0, 0.05) is 22.6 Å². The van der Waals surface area contributed by atoms with Gasteiger partial charge < -0.3 is 10.2 Å². The number of hydrogen-bond donors (Lipinski definition) is 1. The lowest BCUT2D eigenvalue weighted by atomic mass is 10.1. The molecule has 0 bridgehead atoms. The van der Waals surface area contributed by atoms with Gasteiger partial charge >= 0.3 is 0 Å². The zero-order valence-electron chi connectivity index (χ0n) is 16.4. The van der Waals surface area contributed by atoms with Crippen molar-refractivity contribution in [3.63, 3.8) is 0 Å². The van der Waals surface area contributed by atoms with Gasteiger partial charge in [0.1, 0.15) is 6.04 Å². The van der Waals surface area contributed by atoms with Crippen LogP contribution in [0, 0.1) is 0 Å². The van der Waals surface area contributed by atoms with Crippen molar-refractivity contribution >= 4 is 35.0 Å². The monoisotopic (exact) mass is 420 g/mol. The van der Waals surface area contributed by atoms with E-state index >= 15 is 0 Å². The van der Waals surface area contributed by atoms with Crippen LogP contribution < -0.4 is 5.32 Å². The topological polar surface area (TPSA) is 49.4 Å². The summed E-state index contributed by atoms with van der Waals surface area (Å²) < 4.78 is 0. The molecule has 0 aliphatic heterocycles. The van der Waals surface area contributed by atoms with Crippen molar-refractivity contribution in [1.29, 1.82) is 0 Å². The molecule has 0 saturated heterocycles. The molecule has 2 atom stereocenters. The first kappa shape index (κ1) is 22.3. The molecule has 4 nitrogen and oxygen atoms in total. The number of hydrogen-bond acceptors (Lipinski definition) is 2. The SMILES string of the molecule is CCC(C)NC(=O)C(C)N(Cc1ccc(Cl)cc1)C(=O)Cc1ccc(Cl)cc1. The number of amides is 2. The van der Waals surface area contributed by atoms with Crippen molar-refractivity contribution in [3.05, 3.63) is 69.7 Å². The Hall–Kier alpha value is -2.04. The van der Waals surface area contributed by atoms with E-state index in [9.17, 15) is 9.59 Å². The van der Waals surface area contributed by atoms with Gasteiger partial charge in [-0.05, 0) is 55.7 Å². The van der Waals surface area contributed by atoms with E-state index < -0.39 is 6.04 Å². The molecule has 0 heterocycles. The smallest absolute Gasteiger partial charge is 0.242 e. The van der Waals surface area contributed by atoms with E-state index in [0.717, 1.165) is 17.5 Å². The molecule has 0 radical (unpaired) electrons. The number of rotatable bonds is 8. The molecule has 0 saturated carbocycles. The minimum atomic E-state index is -0.593.